The van der Waals surface area contributed by atoms with Crippen molar-refractivity contribution >= 4 is 22.4 Å². The van der Waals surface area contributed by atoms with E-state index in [1.807, 2.05) is 12.1 Å². The van der Waals surface area contributed by atoms with E-state index in [9.17, 15) is 4.79 Å². The van der Waals surface area contributed by atoms with Crippen molar-refractivity contribution < 1.29 is 9.53 Å². The van der Waals surface area contributed by atoms with Gasteiger partial charge in [-0.1, -0.05) is 23.5 Å². The maximum absolute atomic E-state index is 11.1. The van der Waals surface area contributed by atoms with Gasteiger partial charge in [0.05, 0.1) is 13.2 Å². The summed E-state index contributed by atoms with van der Waals surface area (Å²) in [5.41, 5.74) is 7.63. The summed E-state index contributed by atoms with van der Waals surface area (Å²) in [5, 5.41) is 11.9. The predicted octanol–water partition coefficient (Wildman–Crippen LogP) is 2.06. The van der Waals surface area contributed by atoms with Gasteiger partial charge in [0, 0.05) is 6.42 Å². The zero-order valence-electron chi connectivity index (χ0n) is 12.8. The Bertz CT molecular complexity index is 642. The number of carbonyl (C=O) groups excluding carboxylic acids is 1. The SMILES string of the molecule is Cc1cccc(OCCCc2nnc(NC(=O)CN)s2)c1C. The number of anilines is 1. The molecule has 0 spiro atoms. The molecule has 22 heavy (non-hydrogen) atoms. The molecule has 0 aliphatic rings. The summed E-state index contributed by atoms with van der Waals surface area (Å²) in [6.45, 7) is 4.69. The van der Waals surface area contributed by atoms with Crippen LogP contribution in [0.4, 0.5) is 5.13 Å². The number of hydrogen-bond donors (Lipinski definition) is 2. The number of hydrogen-bond acceptors (Lipinski definition) is 6. The minimum atomic E-state index is -0.263. The molecule has 2 rings (SSSR count). The molecule has 1 aromatic heterocycles. The van der Waals surface area contributed by atoms with Crippen molar-refractivity contribution in [3.05, 3.63) is 34.3 Å². The van der Waals surface area contributed by atoms with Gasteiger partial charge in [-0.2, -0.15) is 0 Å². The fraction of sp³-hybridized carbons (Fsp3) is 0.400. The molecule has 2 aromatic rings. The molecule has 0 saturated carbocycles. The summed E-state index contributed by atoms with van der Waals surface area (Å²) in [5.74, 6) is 0.661. The molecule has 1 heterocycles. The van der Waals surface area contributed by atoms with E-state index in [0.29, 0.717) is 11.7 Å². The van der Waals surface area contributed by atoms with E-state index in [0.717, 1.165) is 23.6 Å². The first-order valence-corrected chi connectivity index (χ1v) is 7.93. The third-order valence-electron chi connectivity index (χ3n) is 3.25. The number of nitrogens with zero attached hydrogens (tertiary/aromatic N) is 2. The lowest BCUT2D eigenvalue weighted by molar-refractivity contribution is -0.114. The molecule has 0 unspecified atom stereocenters. The molecule has 0 fully saturated rings. The molecule has 1 aromatic carbocycles. The largest absolute Gasteiger partial charge is 0.493 e. The van der Waals surface area contributed by atoms with E-state index in [2.05, 4.69) is 35.4 Å². The first-order chi connectivity index (χ1) is 10.6. The fourth-order valence-electron chi connectivity index (χ4n) is 1.86. The summed E-state index contributed by atoms with van der Waals surface area (Å²) in [6, 6.07) is 6.04. The van der Waals surface area contributed by atoms with Crippen LogP contribution in [0.1, 0.15) is 22.6 Å². The van der Waals surface area contributed by atoms with Crippen LogP contribution in [0, 0.1) is 13.8 Å². The van der Waals surface area contributed by atoms with Crippen LogP contribution in [0.25, 0.3) is 0 Å². The van der Waals surface area contributed by atoms with Gasteiger partial charge in [-0.05, 0) is 37.5 Å². The lowest BCUT2D eigenvalue weighted by Crippen LogP contribution is -2.21. The molecule has 0 bridgehead atoms. The van der Waals surface area contributed by atoms with Crippen molar-refractivity contribution in [1.29, 1.82) is 0 Å². The van der Waals surface area contributed by atoms with Gasteiger partial charge in [0.1, 0.15) is 10.8 Å². The van der Waals surface area contributed by atoms with Crippen molar-refractivity contribution in [3.63, 3.8) is 0 Å². The number of aromatic nitrogens is 2. The van der Waals surface area contributed by atoms with Gasteiger partial charge in [-0.3, -0.25) is 10.1 Å². The van der Waals surface area contributed by atoms with E-state index < -0.39 is 0 Å². The van der Waals surface area contributed by atoms with Crippen molar-refractivity contribution in [2.24, 2.45) is 5.73 Å². The molecule has 118 valence electrons. The van der Waals surface area contributed by atoms with Gasteiger partial charge in [-0.15, -0.1) is 10.2 Å². The van der Waals surface area contributed by atoms with Crippen LogP contribution in [0.15, 0.2) is 18.2 Å². The quantitative estimate of drug-likeness (QED) is 0.762. The maximum atomic E-state index is 11.1. The van der Waals surface area contributed by atoms with Gasteiger partial charge in [0.2, 0.25) is 11.0 Å². The smallest absolute Gasteiger partial charge is 0.239 e. The topological polar surface area (TPSA) is 90.1 Å². The Morgan fingerprint density at radius 3 is 2.95 bits per heavy atom. The lowest BCUT2D eigenvalue weighted by atomic mass is 10.1. The number of benzene rings is 1. The van der Waals surface area contributed by atoms with Gasteiger partial charge in [-0.25, -0.2) is 0 Å². The molecule has 0 aliphatic heterocycles. The normalized spacial score (nSPS) is 10.5. The first kappa shape index (κ1) is 16.4. The minimum Gasteiger partial charge on any atom is -0.493 e. The van der Waals surface area contributed by atoms with Crippen LogP contribution in [-0.2, 0) is 11.2 Å². The van der Waals surface area contributed by atoms with Gasteiger partial charge in [0.15, 0.2) is 0 Å². The summed E-state index contributed by atoms with van der Waals surface area (Å²) >= 11 is 1.36. The van der Waals surface area contributed by atoms with E-state index in [1.165, 1.54) is 22.5 Å². The van der Waals surface area contributed by atoms with Gasteiger partial charge < -0.3 is 10.5 Å². The Hall–Kier alpha value is -1.99. The molecule has 0 radical (unpaired) electrons. The number of amides is 1. The Labute approximate surface area is 133 Å². The van der Waals surface area contributed by atoms with Gasteiger partial charge >= 0.3 is 0 Å². The summed E-state index contributed by atoms with van der Waals surface area (Å²) in [6.07, 6.45) is 1.61. The number of aryl methyl sites for hydroxylation is 2. The molecular formula is C15H20N4O2S. The summed E-state index contributed by atoms with van der Waals surface area (Å²) in [4.78, 5) is 11.1. The Morgan fingerprint density at radius 2 is 2.18 bits per heavy atom. The van der Waals surface area contributed by atoms with E-state index in [-0.39, 0.29) is 12.5 Å². The van der Waals surface area contributed by atoms with Gasteiger partial charge in [0.25, 0.3) is 0 Å². The molecular weight excluding hydrogens is 300 g/mol. The zero-order valence-corrected chi connectivity index (χ0v) is 13.6. The zero-order chi connectivity index (χ0) is 15.9. The minimum absolute atomic E-state index is 0.0569. The van der Waals surface area contributed by atoms with E-state index >= 15 is 0 Å². The molecule has 0 atom stereocenters. The number of ether oxygens (including phenoxy) is 1. The Morgan fingerprint density at radius 1 is 1.36 bits per heavy atom. The fourth-order valence-corrected chi connectivity index (χ4v) is 2.66. The molecule has 7 heteroatoms. The lowest BCUT2D eigenvalue weighted by Gasteiger charge is -2.10. The first-order valence-electron chi connectivity index (χ1n) is 7.11. The second-order valence-electron chi connectivity index (χ2n) is 4.90. The maximum Gasteiger partial charge on any atom is 0.239 e. The van der Waals surface area contributed by atoms with Crippen LogP contribution in [0.2, 0.25) is 0 Å². The average molecular weight is 320 g/mol. The standard InChI is InChI=1S/C15H20N4O2S/c1-10-5-3-6-12(11(10)2)21-8-4-7-14-18-19-15(22-14)17-13(20)9-16/h3,5-6H,4,7-9,16H2,1-2H3,(H,17,19,20). The van der Waals surface area contributed by atoms with Crippen molar-refractivity contribution in [3.8, 4) is 5.75 Å². The highest BCUT2D eigenvalue weighted by Crippen LogP contribution is 2.21. The second-order valence-corrected chi connectivity index (χ2v) is 5.97. The highest BCUT2D eigenvalue weighted by Gasteiger charge is 2.07. The third-order valence-corrected chi connectivity index (χ3v) is 4.14. The van der Waals surface area contributed by atoms with E-state index in [4.69, 9.17) is 10.5 Å². The van der Waals surface area contributed by atoms with Crippen molar-refractivity contribution in [2.75, 3.05) is 18.5 Å². The predicted molar refractivity (Wildman–Crippen MR) is 87.3 cm³/mol. The number of rotatable bonds is 7. The summed E-state index contributed by atoms with van der Waals surface area (Å²) < 4.78 is 5.80. The van der Waals surface area contributed by atoms with Crippen molar-refractivity contribution in [1.82, 2.24) is 10.2 Å². The van der Waals surface area contributed by atoms with Crippen LogP contribution in [0.5, 0.6) is 5.75 Å². The molecule has 0 aliphatic carbocycles. The highest BCUT2D eigenvalue weighted by atomic mass is 32.1. The number of nitrogens with one attached hydrogen (secondary N) is 1. The van der Waals surface area contributed by atoms with Crippen LogP contribution in [0.3, 0.4) is 0 Å². The number of nitrogens with two attached hydrogens (primary N) is 1. The molecule has 1 amide bonds. The van der Waals surface area contributed by atoms with E-state index in [1.54, 1.807) is 0 Å². The van der Waals surface area contributed by atoms with Crippen molar-refractivity contribution in [2.45, 2.75) is 26.7 Å². The highest BCUT2D eigenvalue weighted by molar-refractivity contribution is 7.15. The van der Waals surface area contributed by atoms with Crippen LogP contribution in [-0.4, -0.2) is 29.3 Å². The second kappa shape index (κ2) is 7.86. The third kappa shape index (κ3) is 4.51. The monoisotopic (exact) mass is 320 g/mol. The molecule has 6 nitrogen and oxygen atoms in total. The molecule has 3 N–H and O–H groups in total. The average Bonchev–Trinajstić information content (AvgIpc) is 2.95. The van der Waals surface area contributed by atoms with Crippen LogP contribution < -0.4 is 15.8 Å². The molecule has 0 saturated heterocycles. The van der Waals surface area contributed by atoms with Crippen LogP contribution >= 0.6 is 11.3 Å². The Balaban J connectivity index is 1.77. The summed E-state index contributed by atoms with van der Waals surface area (Å²) in [7, 11) is 0. The Kier molecular flexibility index (Phi) is 5.85. The number of carbonyl (C=O) groups is 1.